The van der Waals surface area contributed by atoms with Crippen LogP contribution in [0, 0.1) is 5.82 Å². The number of amides is 1. The molecule has 18 heavy (non-hydrogen) atoms. The fraction of sp³-hybridized carbons (Fsp3) is 0.500. The number of hydrogen-bond donors (Lipinski definition) is 1. The molecule has 0 radical (unpaired) electrons. The van der Waals surface area contributed by atoms with Crippen molar-refractivity contribution in [1.82, 2.24) is 5.32 Å². The summed E-state index contributed by atoms with van der Waals surface area (Å²) in [5, 5.41) is 2.93. The third-order valence-corrected chi connectivity index (χ3v) is 4.99. The van der Waals surface area contributed by atoms with E-state index in [0.717, 1.165) is 12.8 Å². The van der Waals surface area contributed by atoms with E-state index < -0.39 is 0 Å². The van der Waals surface area contributed by atoms with E-state index in [1.54, 1.807) is 11.8 Å². The zero-order chi connectivity index (χ0) is 13.6. The number of carbonyl (C=O) groups excluding carboxylic acids is 1. The molecule has 1 aromatic rings. The van der Waals surface area contributed by atoms with Crippen molar-refractivity contribution in [1.29, 1.82) is 0 Å². The van der Waals surface area contributed by atoms with Gasteiger partial charge in [0.15, 0.2) is 0 Å². The smallest absolute Gasteiger partial charge is 0.251 e. The quantitative estimate of drug-likeness (QED) is 0.856. The molecule has 0 bridgehead atoms. The molecule has 100 valence electrons. The van der Waals surface area contributed by atoms with E-state index in [2.05, 4.69) is 25.4 Å². The Morgan fingerprint density at radius 3 is 2.28 bits per heavy atom. The predicted octanol–water partition coefficient (Wildman–Crippen LogP) is 3.48. The van der Waals surface area contributed by atoms with Crippen LogP contribution in [0.15, 0.2) is 24.3 Å². The topological polar surface area (TPSA) is 29.1 Å². The van der Waals surface area contributed by atoms with Gasteiger partial charge in [-0.05, 0) is 43.4 Å². The molecule has 1 rings (SSSR count). The van der Waals surface area contributed by atoms with Crippen LogP contribution in [0.2, 0.25) is 0 Å². The van der Waals surface area contributed by atoms with Crippen molar-refractivity contribution >= 4 is 17.7 Å². The Morgan fingerprint density at radius 1 is 1.28 bits per heavy atom. The van der Waals surface area contributed by atoms with Gasteiger partial charge in [0.2, 0.25) is 0 Å². The van der Waals surface area contributed by atoms with Crippen molar-refractivity contribution in [2.24, 2.45) is 0 Å². The maximum atomic E-state index is 12.8. The summed E-state index contributed by atoms with van der Waals surface area (Å²) in [6.45, 7) is 4.89. The number of rotatable bonds is 6. The summed E-state index contributed by atoms with van der Waals surface area (Å²) >= 11 is 1.78. The van der Waals surface area contributed by atoms with Crippen molar-refractivity contribution in [2.45, 2.75) is 31.4 Å². The predicted molar refractivity (Wildman–Crippen MR) is 75.6 cm³/mol. The lowest BCUT2D eigenvalue weighted by molar-refractivity contribution is 0.0949. The molecule has 4 heteroatoms. The van der Waals surface area contributed by atoms with Crippen molar-refractivity contribution < 1.29 is 9.18 Å². The van der Waals surface area contributed by atoms with Crippen LogP contribution in [-0.2, 0) is 0 Å². The summed E-state index contributed by atoms with van der Waals surface area (Å²) in [4.78, 5) is 11.9. The Kier molecular flexibility index (Phi) is 5.66. The lowest BCUT2D eigenvalue weighted by Gasteiger charge is -2.29. The van der Waals surface area contributed by atoms with E-state index in [-0.39, 0.29) is 16.5 Å². The Bertz CT molecular complexity index is 379. The third-order valence-electron chi connectivity index (χ3n) is 3.40. The molecule has 1 N–H and O–H groups in total. The molecule has 0 aliphatic carbocycles. The molecule has 0 saturated carbocycles. The molecular weight excluding hydrogens is 249 g/mol. The minimum Gasteiger partial charge on any atom is -0.351 e. The first-order valence-electron chi connectivity index (χ1n) is 6.16. The van der Waals surface area contributed by atoms with E-state index in [4.69, 9.17) is 0 Å². The Balaban J connectivity index is 2.63. The Hall–Kier alpha value is -1.03. The third kappa shape index (κ3) is 3.73. The van der Waals surface area contributed by atoms with Gasteiger partial charge in [0.05, 0.1) is 0 Å². The number of nitrogens with one attached hydrogen (secondary N) is 1. The normalized spacial score (nSPS) is 11.3. The zero-order valence-corrected chi connectivity index (χ0v) is 11.9. The molecule has 1 amide bonds. The van der Waals surface area contributed by atoms with Crippen LogP contribution < -0.4 is 5.32 Å². The zero-order valence-electron chi connectivity index (χ0n) is 11.1. The second kappa shape index (κ2) is 6.78. The van der Waals surface area contributed by atoms with Crippen molar-refractivity contribution in [3.05, 3.63) is 35.6 Å². The van der Waals surface area contributed by atoms with Crippen LogP contribution in [0.1, 0.15) is 37.0 Å². The molecule has 0 atom stereocenters. The monoisotopic (exact) mass is 269 g/mol. The minimum absolute atomic E-state index is 0.0929. The molecule has 0 spiro atoms. The molecule has 0 fully saturated rings. The summed E-state index contributed by atoms with van der Waals surface area (Å²) in [7, 11) is 0. The molecule has 0 unspecified atom stereocenters. The lowest BCUT2D eigenvalue weighted by Crippen LogP contribution is -2.39. The highest BCUT2D eigenvalue weighted by Gasteiger charge is 2.25. The van der Waals surface area contributed by atoms with Gasteiger partial charge in [-0.15, -0.1) is 0 Å². The largest absolute Gasteiger partial charge is 0.351 e. The van der Waals surface area contributed by atoms with Crippen LogP contribution >= 0.6 is 11.8 Å². The summed E-state index contributed by atoms with van der Waals surface area (Å²) in [5.41, 5.74) is 0.499. The minimum atomic E-state index is -0.327. The van der Waals surface area contributed by atoms with Crippen molar-refractivity contribution in [3.8, 4) is 0 Å². The Labute approximate surface area is 112 Å². The Morgan fingerprint density at radius 2 is 1.83 bits per heavy atom. The lowest BCUT2D eigenvalue weighted by atomic mass is 10.0. The first-order valence-corrected chi connectivity index (χ1v) is 7.38. The van der Waals surface area contributed by atoms with Gasteiger partial charge in [0.25, 0.3) is 5.91 Å². The number of hydrogen-bond acceptors (Lipinski definition) is 2. The second-order valence-corrected chi connectivity index (χ2v) is 5.56. The first-order chi connectivity index (χ1) is 8.56. The number of benzene rings is 1. The standard InChI is InChI=1S/C14H20FNOS/c1-4-14(5-2,18-3)10-16-13(17)11-6-8-12(15)9-7-11/h6-9H,4-5,10H2,1-3H3,(H,16,17). The van der Waals surface area contributed by atoms with Crippen LogP contribution in [0.25, 0.3) is 0 Å². The van der Waals surface area contributed by atoms with E-state index in [1.165, 1.54) is 24.3 Å². The summed E-state index contributed by atoms with van der Waals surface area (Å²) in [6, 6.07) is 5.61. The average Bonchev–Trinajstić information content (AvgIpc) is 2.41. The summed E-state index contributed by atoms with van der Waals surface area (Å²) < 4.78 is 12.8. The van der Waals surface area contributed by atoms with E-state index in [9.17, 15) is 9.18 Å². The van der Waals surface area contributed by atoms with Gasteiger partial charge in [-0.3, -0.25) is 4.79 Å². The molecule has 2 nitrogen and oxygen atoms in total. The fourth-order valence-corrected chi connectivity index (χ4v) is 2.60. The summed E-state index contributed by atoms with van der Waals surface area (Å²) in [5.74, 6) is -0.470. The molecule has 0 aromatic heterocycles. The first kappa shape index (κ1) is 15.0. The van der Waals surface area contributed by atoms with Crippen LogP contribution in [-0.4, -0.2) is 23.5 Å². The highest BCUT2D eigenvalue weighted by atomic mass is 32.2. The highest BCUT2D eigenvalue weighted by molar-refractivity contribution is 8.00. The van der Waals surface area contributed by atoms with Crippen LogP contribution in [0.5, 0.6) is 0 Å². The van der Waals surface area contributed by atoms with Gasteiger partial charge < -0.3 is 5.32 Å². The molecule has 0 saturated heterocycles. The van der Waals surface area contributed by atoms with Crippen LogP contribution in [0.4, 0.5) is 4.39 Å². The molecule has 0 aliphatic rings. The van der Waals surface area contributed by atoms with Gasteiger partial charge >= 0.3 is 0 Å². The van der Waals surface area contributed by atoms with E-state index in [0.29, 0.717) is 12.1 Å². The maximum Gasteiger partial charge on any atom is 0.251 e. The highest BCUT2D eigenvalue weighted by Crippen LogP contribution is 2.29. The van der Waals surface area contributed by atoms with Gasteiger partial charge in [-0.25, -0.2) is 4.39 Å². The van der Waals surface area contributed by atoms with Crippen molar-refractivity contribution in [2.75, 3.05) is 12.8 Å². The fourth-order valence-electron chi connectivity index (χ4n) is 1.81. The van der Waals surface area contributed by atoms with E-state index >= 15 is 0 Å². The number of thioether (sulfide) groups is 1. The molecular formula is C14H20FNOS. The van der Waals surface area contributed by atoms with E-state index in [1.807, 2.05) is 0 Å². The number of halogens is 1. The van der Waals surface area contributed by atoms with Crippen molar-refractivity contribution in [3.63, 3.8) is 0 Å². The number of carbonyl (C=O) groups is 1. The maximum absolute atomic E-state index is 12.8. The van der Waals surface area contributed by atoms with Gasteiger partial charge in [-0.2, -0.15) is 11.8 Å². The molecule has 0 heterocycles. The molecule has 0 aliphatic heterocycles. The summed E-state index contributed by atoms with van der Waals surface area (Å²) in [6.07, 6.45) is 4.08. The average molecular weight is 269 g/mol. The molecule has 1 aromatic carbocycles. The van der Waals surface area contributed by atoms with Gasteiger partial charge in [0, 0.05) is 16.9 Å². The second-order valence-electron chi connectivity index (χ2n) is 4.28. The van der Waals surface area contributed by atoms with Gasteiger partial charge in [-0.1, -0.05) is 13.8 Å². The van der Waals surface area contributed by atoms with Crippen LogP contribution in [0.3, 0.4) is 0 Å². The van der Waals surface area contributed by atoms with Gasteiger partial charge in [0.1, 0.15) is 5.82 Å². The SMILES string of the molecule is CCC(CC)(CNC(=O)c1ccc(F)cc1)SC.